The first-order valence-corrected chi connectivity index (χ1v) is 8.16. The molecule has 5 heteroatoms. The van der Waals surface area contributed by atoms with Crippen molar-refractivity contribution >= 4 is 15.1 Å². The van der Waals surface area contributed by atoms with Crippen molar-refractivity contribution < 1.29 is 17.7 Å². The molecule has 106 valence electrons. The molecule has 1 aromatic rings. The van der Waals surface area contributed by atoms with Crippen LogP contribution in [0.2, 0.25) is 0 Å². The number of hydrogen-bond donors (Lipinski definition) is 0. The van der Waals surface area contributed by atoms with E-state index in [1.54, 1.807) is 6.08 Å². The van der Waals surface area contributed by atoms with Crippen molar-refractivity contribution in [3.8, 4) is 5.75 Å². The number of rotatable bonds is 9. The Morgan fingerprint density at radius 2 is 1.42 bits per heavy atom. The fourth-order valence-electron chi connectivity index (χ4n) is 1.56. The molecule has 0 saturated carbocycles. The molecule has 0 unspecified atom stereocenters. The van der Waals surface area contributed by atoms with E-state index in [9.17, 15) is 0 Å². The smallest absolute Gasteiger partial charge is 0.480 e. The minimum atomic E-state index is -3.09. The van der Waals surface area contributed by atoms with E-state index in [1.165, 1.54) is 0 Å². The first-order chi connectivity index (χ1) is 9.19. The molecule has 1 aromatic carbocycles. The van der Waals surface area contributed by atoms with Crippen LogP contribution in [0.25, 0.3) is 6.08 Å². The molecule has 0 atom stereocenters. The molecule has 0 spiro atoms. The third kappa shape index (κ3) is 4.79. The first kappa shape index (κ1) is 15.9. The molecule has 4 nitrogen and oxygen atoms in total. The van der Waals surface area contributed by atoms with Crippen molar-refractivity contribution in [2.75, 3.05) is 19.8 Å². The zero-order chi connectivity index (χ0) is 14.1. The number of hydrogen-bond acceptors (Lipinski definition) is 4. The normalized spacial score (nSPS) is 11.3. The Kier molecular flexibility index (Phi) is 6.79. The van der Waals surface area contributed by atoms with Crippen LogP contribution in [0.1, 0.15) is 26.3 Å². The summed E-state index contributed by atoms with van der Waals surface area (Å²) in [5.41, 5.74) is 1.03. The highest BCUT2D eigenvalue weighted by Crippen LogP contribution is 2.20. The Bertz CT molecular complexity index is 361. The lowest BCUT2D eigenvalue weighted by molar-refractivity contribution is 0.00970. The van der Waals surface area contributed by atoms with Crippen LogP contribution in [-0.2, 0) is 13.3 Å². The SMILES string of the molecule is C=Cc1ccc(O[Si](OCC)(OCC)OCC)cc1. The van der Waals surface area contributed by atoms with Gasteiger partial charge in [-0.15, -0.1) is 0 Å². The van der Waals surface area contributed by atoms with E-state index in [-0.39, 0.29) is 0 Å². The van der Waals surface area contributed by atoms with E-state index >= 15 is 0 Å². The molecule has 19 heavy (non-hydrogen) atoms. The molecule has 0 saturated heterocycles. The predicted octanol–water partition coefficient (Wildman–Crippen LogP) is 3.25. The van der Waals surface area contributed by atoms with Gasteiger partial charge in [-0.05, 0) is 38.5 Å². The second kappa shape index (κ2) is 8.11. The maximum atomic E-state index is 5.86. The molecule has 0 amide bonds. The highest BCUT2D eigenvalue weighted by atomic mass is 28.4. The van der Waals surface area contributed by atoms with Crippen LogP contribution in [0.15, 0.2) is 30.8 Å². The average Bonchev–Trinajstić information content (AvgIpc) is 2.40. The minimum absolute atomic E-state index is 0.483. The monoisotopic (exact) mass is 282 g/mol. The maximum absolute atomic E-state index is 5.86. The fraction of sp³-hybridized carbons (Fsp3) is 0.429. The Labute approximate surface area is 116 Å². The zero-order valence-electron chi connectivity index (χ0n) is 11.8. The number of benzene rings is 1. The van der Waals surface area contributed by atoms with Crippen LogP contribution >= 0.6 is 0 Å². The van der Waals surface area contributed by atoms with Crippen molar-refractivity contribution in [3.63, 3.8) is 0 Å². The molecule has 0 aliphatic carbocycles. The molecule has 0 fully saturated rings. The summed E-state index contributed by atoms with van der Waals surface area (Å²) in [7, 11) is -3.09. The lowest BCUT2D eigenvalue weighted by Gasteiger charge is -2.27. The van der Waals surface area contributed by atoms with Crippen LogP contribution in [0, 0.1) is 0 Å². The van der Waals surface area contributed by atoms with E-state index in [0.29, 0.717) is 25.6 Å². The maximum Gasteiger partial charge on any atom is 0.749 e. The largest absolute Gasteiger partial charge is 0.749 e. The van der Waals surface area contributed by atoms with Gasteiger partial charge >= 0.3 is 9.05 Å². The van der Waals surface area contributed by atoms with E-state index < -0.39 is 9.05 Å². The van der Waals surface area contributed by atoms with E-state index in [4.69, 9.17) is 17.7 Å². The van der Waals surface area contributed by atoms with Crippen LogP contribution < -0.4 is 4.43 Å². The summed E-state index contributed by atoms with van der Waals surface area (Å²) in [6.45, 7) is 10.8. The van der Waals surface area contributed by atoms with Gasteiger partial charge in [0.15, 0.2) is 0 Å². The molecule has 0 aliphatic rings. The Balaban J connectivity index is 2.86. The van der Waals surface area contributed by atoms with Gasteiger partial charge in [-0.2, -0.15) is 0 Å². The van der Waals surface area contributed by atoms with E-state index in [1.807, 2.05) is 45.0 Å². The predicted molar refractivity (Wildman–Crippen MR) is 77.8 cm³/mol. The van der Waals surface area contributed by atoms with Crippen molar-refractivity contribution in [3.05, 3.63) is 36.4 Å². The zero-order valence-corrected chi connectivity index (χ0v) is 12.8. The van der Waals surface area contributed by atoms with Gasteiger partial charge in [0, 0.05) is 19.8 Å². The standard InChI is InChI=1S/C14H22O4Si/c1-5-13-9-11-14(12-10-13)18-19(15-6-2,16-7-3)17-8-4/h5,9-12H,1,6-8H2,2-4H3. The molecule has 0 aromatic heterocycles. The summed E-state index contributed by atoms with van der Waals surface area (Å²) in [5, 5.41) is 0. The average molecular weight is 282 g/mol. The van der Waals surface area contributed by atoms with Gasteiger partial charge in [-0.3, -0.25) is 0 Å². The topological polar surface area (TPSA) is 36.9 Å². The van der Waals surface area contributed by atoms with Gasteiger partial charge in [0.1, 0.15) is 5.75 Å². The van der Waals surface area contributed by atoms with Gasteiger partial charge in [0.05, 0.1) is 0 Å². The van der Waals surface area contributed by atoms with Crippen LogP contribution in [0.5, 0.6) is 5.75 Å². The molecule has 0 heterocycles. The Hall–Kier alpha value is -1.14. The summed E-state index contributed by atoms with van der Waals surface area (Å²) in [6.07, 6.45) is 1.78. The summed E-state index contributed by atoms with van der Waals surface area (Å²) in [6, 6.07) is 7.56. The van der Waals surface area contributed by atoms with Crippen molar-refractivity contribution in [1.29, 1.82) is 0 Å². The van der Waals surface area contributed by atoms with E-state index in [2.05, 4.69) is 6.58 Å². The van der Waals surface area contributed by atoms with Gasteiger partial charge in [0.25, 0.3) is 0 Å². The molecule has 0 N–H and O–H groups in total. The Morgan fingerprint density at radius 3 is 1.79 bits per heavy atom. The fourth-order valence-corrected chi connectivity index (χ4v) is 3.47. The highest BCUT2D eigenvalue weighted by molar-refractivity contribution is 6.54. The minimum Gasteiger partial charge on any atom is -0.480 e. The van der Waals surface area contributed by atoms with Gasteiger partial charge in [0.2, 0.25) is 0 Å². The summed E-state index contributed by atoms with van der Waals surface area (Å²) >= 11 is 0. The highest BCUT2D eigenvalue weighted by Gasteiger charge is 2.47. The third-order valence-corrected chi connectivity index (χ3v) is 4.73. The second-order valence-electron chi connectivity index (χ2n) is 3.67. The Morgan fingerprint density at radius 1 is 0.947 bits per heavy atom. The van der Waals surface area contributed by atoms with Gasteiger partial charge < -0.3 is 17.7 Å². The van der Waals surface area contributed by atoms with Crippen molar-refractivity contribution in [1.82, 2.24) is 0 Å². The first-order valence-electron chi connectivity index (χ1n) is 6.53. The molecule has 0 radical (unpaired) electrons. The molecule has 1 rings (SSSR count). The van der Waals surface area contributed by atoms with Gasteiger partial charge in [-0.1, -0.05) is 24.8 Å². The molecular formula is C14H22O4Si. The molecule has 0 aliphatic heterocycles. The second-order valence-corrected chi connectivity index (χ2v) is 5.74. The summed E-state index contributed by atoms with van der Waals surface area (Å²) in [5.74, 6) is 0.674. The lowest BCUT2D eigenvalue weighted by Crippen LogP contribution is -2.52. The van der Waals surface area contributed by atoms with E-state index in [0.717, 1.165) is 5.56 Å². The molecule has 0 bridgehead atoms. The van der Waals surface area contributed by atoms with Crippen molar-refractivity contribution in [2.45, 2.75) is 20.8 Å². The van der Waals surface area contributed by atoms with Crippen LogP contribution in [0.3, 0.4) is 0 Å². The summed E-state index contributed by atoms with van der Waals surface area (Å²) < 4.78 is 22.7. The van der Waals surface area contributed by atoms with Gasteiger partial charge in [-0.25, -0.2) is 0 Å². The third-order valence-electron chi connectivity index (χ3n) is 2.32. The van der Waals surface area contributed by atoms with Crippen LogP contribution in [0.4, 0.5) is 0 Å². The quantitative estimate of drug-likeness (QED) is 0.652. The molecular weight excluding hydrogens is 260 g/mol. The lowest BCUT2D eigenvalue weighted by atomic mass is 10.2. The summed E-state index contributed by atoms with van der Waals surface area (Å²) in [4.78, 5) is 0. The van der Waals surface area contributed by atoms with Crippen LogP contribution in [-0.4, -0.2) is 28.9 Å². The van der Waals surface area contributed by atoms with Crippen molar-refractivity contribution in [2.24, 2.45) is 0 Å².